The third-order valence-electron chi connectivity index (χ3n) is 3.65. The summed E-state index contributed by atoms with van der Waals surface area (Å²) < 4.78 is 5.31. The molecule has 2 rings (SSSR count). The van der Waals surface area contributed by atoms with Crippen LogP contribution in [0.4, 0.5) is 0 Å². The van der Waals surface area contributed by atoms with Crippen LogP contribution in [0.2, 0.25) is 0 Å². The molecule has 124 valence electrons. The fourth-order valence-electron chi connectivity index (χ4n) is 2.16. The Balaban J connectivity index is 1.75. The molecule has 0 atom stereocenters. The second-order valence-corrected chi connectivity index (χ2v) is 5.96. The quantitative estimate of drug-likeness (QED) is 0.635. The van der Waals surface area contributed by atoms with Crippen LogP contribution in [-0.4, -0.2) is 24.7 Å². The standard InChI is InChI=1S/C18H26N4O/c1-13(2)17-11-16(23-22-17)12-21-18(19-4)20-10-9-15-7-5-14(3)6-8-15/h5-8,11,13H,9-10,12H2,1-4H3,(H2,19,20,21). The van der Waals surface area contributed by atoms with E-state index in [4.69, 9.17) is 4.52 Å². The number of rotatable bonds is 6. The van der Waals surface area contributed by atoms with E-state index in [-0.39, 0.29) is 0 Å². The highest BCUT2D eigenvalue weighted by Crippen LogP contribution is 2.13. The van der Waals surface area contributed by atoms with Gasteiger partial charge in [0, 0.05) is 19.7 Å². The number of benzene rings is 1. The van der Waals surface area contributed by atoms with Gasteiger partial charge in [-0.2, -0.15) is 0 Å². The average molecular weight is 314 g/mol. The summed E-state index contributed by atoms with van der Waals surface area (Å²) >= 11 is 0. The maximum absolute atomic E-state index is 5.31. The molecule has 5 nitrogen and oxygen atoms in total. The summed E-state index contributed by atoms with van der Waals surface area (Å²) in [6.45, 7) is 7.70. The zero-order valence-corrected chi connectivity index (χ0v) is 14.4. The fraction of sp³-hybridized carbons (Fsp3) is 0.444. The lowest BCUT2D eigenvalue weighted by Gasteiger charge is -2.10. The minimum Gasteiger partial charge on any atom is -0.359 e. The lowest BCUT2D eigenvalue weighted by molar-refractivity contribution is 0.372. The first-order chi connectivity index (χ1) is 11.1. The monoisotopic (exact) mass is 314 g/mol. The molecule has 5 heteroatoms. The molecule has 0 aliphatic carbocycles. The van der Waals surface area contributed by atoms with Gasteiger partial charge in [0.1, 0.15) is 0 Å². The van der Waals surface area contributed by atoms with E-state index in [1.807, 2.05) is 6.07 Å². The highest BCUT2D eigenvalue weighted by atomic mass is 16.5. The molecule has 0 aliphatic rings. The summed E-state index contributed by atoms with van der Waals surface area (Å²) in [4.78, 5) is 4.22. The molecule has 0 saturated heterocycles. The molecule has 1 aromatic carbocycles. The molecule has 0 amide bonds. The Morgan fingerprint density at radius 2 is 1.96 bits per heavy atom. The van der Waals surface area contributed by atoms with Gasteiger partial charge in [-0.1, -0.05) is 48.8 Å². The molecule has 0 aliphatic heterocycles. The van der Waals surface area contributed by atoms with Crippen molar-refractivity contribution in [3.8, 4) is 0 Å². The van der Waals surface area contributed by atoms with E-state index >= 15 is 0 Å². The zero-order valence-electron chi connectivity index (χ0n) is 14.4. The van der Waals surface area contributed by atoms with E-state index in [0.717, 1.165) is 30.4 Å². The Labute approximate surface area is 138 Å². The van der Waals surface area contributed by atoms with Crippen molar-refractivity contribution in [2.24, 2.45) is 4.99 Å². The minimum atomic E-state index is 0.374. The highest BCUT2D eigenvalue weighted by Gasteiger charge is 2.08. The number of aliphatic imine (C=N–C) groups is 1. The summed E-state index contributed by atoms with van der Waals surface area (Å²) in [6, 6.07) is 10.6. The Morgan fingerprint density at radius 3 is 2.57 bits per heavy atom. The van der Waals surface area contributed by atoms with Gasteiger partial charge in [-0.3, -0.25) is 4.99 Å². The molecule has 0 fully saturated rings. The number of guanidine groups is 1. The SMILES string of the molecule is CN=C(NCCc1ccc(C)cc1)NCc1cc(C(C)C)no1. The van der Waals surface area contributed by atoms with Crippen LogP contribution in [0.25, 0.3) is 0 Å². The van der Waals surface area contributed by atoms with Gasteiger partial charge in [-0.25, -0.2) is 0 Å². The first-order valence-electron chi connectivity index (χ1n) is 8.04. The van der Waals surface area contributed by atoms with Crippen LogP contribution < -0.4 is 10.6 Å². The van der Waals surface area contributed by atoms with Gasteiger partial charge in [0.15, 0.2) is 11.7 Å². The summed E-state index contributed by atoms with van der Waals surface area (Å²) in [5, 5.41) is 10.6. The van der Waals surface area contributed by atoms with Gasteiger partial charge in [-0.05, 0) is 24.8 Å². The van der Waals surface area contributed by atoms with Crippen LogP contribution >= 0.6 is 0 Å². The van der Waals surface area contributed by atoms with Crippen molar-refractivity contribution < 1.29 is 4.52 Å². The molecule has 0 unspecified atom stereocenters. The third kappa shape index (κ3) is 5.43. The van der Waals surface area contributed by atoms with Crippen molar-refractivity contribution in [1.29, 1.82) is 0 Å². The number of hydrogen-bond acceptors (Lipinski definition) is 3. The van der Waals surface area contributed by atoms with Crippen molar-refractivity contribution in [3.63, 3.8) is 0 Å². The highest BCUT2D eigenvalue weighted by molar-refractivity contribution is 5.79. The molecule has 23 heavy (non-hydrogen) atoms. The summed E-state index contributed by atoms with van der Waals surface area (Å²) in [6.07, 6.45) is 0.959. The minimum absolute atomic E-state index is 0.374. The number of nitrogens with zero attached hydrogens (tertiary/aromatic N) is 2. The van der Waals surface area contributed by atoms with Gasteiger partial charge in [0.25, 0.3) is 0 Å². The lowest BCUT2D eigenvalue weighted by Crippen LogP contribution is -2.37. The molecule has 1 aromatic heterocycles. The first kappa shape index (κ1) is 17.1. The molecule has 0 bridgehead atoms. The summed E-state index contributed by atoms with van der Waals surface area (Å²) in [7, 11) is 1.77. The van der Waals surface area contributed by atoms with E-state index in [9.17, 15) is 0 Å². The van der Waals surface area contributed by atoms with Crippen LogP contribution in [0.5, 0.6) is 0 Å². The van der Waals surface area contributed by atoms with Crippen molar-refractivity contribution in [3.05, 3.63) is 52.9 Å². The number of aryl methyl sites for hydroxylation is 1. The largest absolute Gasteiger partial charge is 0.359 e. The number of aromatic nitrogens is 1. The lowest BCUT2D eigenvalue weighted by atomic mass is 10.1. The van der Waals surface area contributed by atoms with Crippen molar-refractivity contribution >= 4 is 5.96 Å². The molecule has 0 radical (unpaired) electrons. The van der Waals surface area contributed by atoms with Crippen molar-refractivity contribution in [2.45, 2.75) is 39.7 Å². The smallest absolute Gasteiger partial charge is 0.191 e. The fourth-order valence-corrected chi connectivity index (χ4v) is 2.16. The molecular formula is C18H26N4O. The normalized spacial score (nSPS) is 11.8. The summed E-state index contributed by atoms with van der Waals surface area (Å²) in [5.74, 6) is 1.95. The maximum Gasteiger partial charge on any atom is 0.191 e. The van der Waals surface area contributed by atoms with Crippen LogP contribution in [-0.2, 0) is 13.0 Å². The van der Waals surface area contributed by atoms with E-state index in [0.29, 0.717) is 12.5 Å². The van der Waals surface area contributed by atoms with Crippen LogP contribution in [0, 0.1) is 6.92 Å². The molecule has 2 N–H and O–H groups in total. The van der Waals surface area contributed by atoms with Gasteiger partial charge in [-0.15, -0.1) is 0 Å². The van der Waals surface area contributed by atoms with Gasteiger partial charge < -0.3 is 15.2 Å². The third-order valence-corrected chi connectivity index (χ3v) is 3.65. The van der Waals surface area contributed by atoms with E-state index < -0.39 is 0 Å². The van der Waals surface area contributed by atoms with E-state index in [1.54, 1.807) is 7.05 Å². The van der Waals surface area contributed by atoms with Gasteiger partial charge >= 0.3 is 0 Å². The van der Waals surface area contributed by atoms with Crippen molar-refractivity contribution in [1.82, 2.24) is 15.8 Å². The average Bonchev–Trinajstić information content (AvgIpc) is 3.01. The molecule has 2 aromatic rings. The van der Waals surface area contributed by atoms with Gasteiger partial charge in [0.2, 0.25) is 0 Å². The first-order valence-corrected chi connectivity index (χ1v) is 8.04. The van der Waals surface area contributed by atoms with Crippen LogP contribution in [0.3, 0.4) is 0 Å². The molecular weight excluding hydrogens is 288 g/mol. The second kappa shape index (κ2) is 8.36. The Kier molecular flexibility index (Phi) is 6.20. The number of nitrogens with one attached hydrogen (secondary N) is 2. The molecule has 0 spiro atoms. The predicted molar refractivity (Wildman–Crippen MR) is 93.7 cm³/mol. The predicted octanol–water partition coefficient (Wildman–Crippen LogP) is 3.01. The topological polar surface area (TPSA) is 62.5 Å². The Hall–Kier alpha value is -2.30. The zero-order chi connectivity index (χ0) is 16.7. The van der Waals surface area contributed by atoms with E-state index in [2.05, 4.69) is 65.8 Å². The van der Waals surface area contributed by atoms with Crippen LogP contribution in [0.1, 0.15) is 42.3 Å². The van der Waals surface area contributed by atoms with Crippen molar-refractivity contribution in [2.75, 3.05) is 13.6 Å². The maximum atomic E-state index is 5.31. The van der Waals surface area contributed by atoms with E-state index in [1.165, 1.54) is 11.1 Å². The molecule has 1 heterocycles. The Morgan fingerprint density at radius 1 is 1.22 bits per heavy atom. The molecule has 0 saturated carbocycles. The second-order valence-electron chi connectivity index (χ2n) is 5.96. The Bertz CT molecular complexity index is 629. The van der Waals surface area contributed by atoms with Crippen LogP contribution in [0.15, 0.2) is 39.8 Å². The van der Waals surface area contributed by atoms with Gasteiger partial charge in [0.05, 0.1) is 12.2 Å². The number of hydrogen-bond donors (Lipinski definition) is 2. The summed E-state index contributed by atoms with van der Waals surface area (Å²) in [5.41, 5.74) is 3.58.